The molecule has 102 valence electrons. The first-order valence-electron chi connectivity index (χ1n) is 6.26. The van der Waals surface area contributed by atoms with Gasteiger partial charge < -0.3 is 5.32 Å². The van der Waals surface area contributed by atoms with E-state index in [0.29, 0.717) is 10.0 Å². The smallest absolute Gasteiger partial charge is 0.0895 e. The third-order valence-electron chi connectivity index (χ3n) is 3.05. The number of fused-ring (bicyclic) bond motifs is 1. The third kappa shape index (κ3) is 3.02. The maximum absolute atomic E-state index is 6.29. The molecule has 2 rings (SSSR count). The number of halogens is 2. The molecule has 0 spiro atoms. The molecule has 0 saturated heterocycles. The Balaban J connectivity index is 2.79. The molecule has 0 atom stereocenters. The summed E-state index contributed by atoms with van der Waals surface area (Å²) in [6, 6.07) is 5.80. The van der Waals surface area contributed by atoms with Crippen molar-refractivity contribution < 1.29 is 0 Å². The van der Waals surface area contributed by atoms with E-state index in [1.165, 1.54) is 5.56 Å². The quantitative estimate of drug-likeness (QED) is 0.879. The van der Waals surface area contributed by atoms with Crippen molar-refractivity contribution in [3.05, 3.63) is 39.5 Å². The molecule has 0 aliphatic rings. The van der Waals surface area contributed by atoms with Crippen LogP contribution in [0.3, 0.4) is 0 Å². The van der Waals surface area contributed by atoms with Crippen LogP contribution < -0.4 is 5.32 Å². The van der Waals surface area contributed by atoms with E-state index in [0.717, 1.165) is 23.1 Å². The maximum atomic E-state index is 6.29. The van der Waals surface area contributed by atoms with Crippen molar-refractivity contribution in [2.45, 2.75) is 32.7 Å². The van der Waals surface area contributed by atoms with Gasteiger partial charge in [-0.05, 0) is 30.8 Å². The van der Waals surface area contributed by atoms with Crippen LogP contribution >= 0.6 is 23.2 Å². The van der Waals surface area contributed by atoms with E-state index in [1.54, 1.807) is 6.07 Å². The minimum Gasteiger partial charge on any atom is -0.316 e. The summed E-state index contributed by atoms with van der Waals surface area (Å²) in [5, 5.41) is 5.44. The second-order valence-electron chi connectivity index (χ2n) is 5.73. The van der Waals surface area contributed by atoms with Crippen molar-refractivity contribution in [1.82, 2.24) is 10.3 Å². The zero-order valence-electron chi connectivity index (χ0n) is 11.6. The van der Waals surface area contributed by atoms with Crippen LogP contribution in [-0.2, 0) is 12.0 Å². The van der Waals surface area contributed by atoms with E-state index in [1.807, 2.05) is 13.1 Å². The number of aromatic nitrogens is 1. The molecular formula is C15H18Cl2N2. The van der Waals surface area contributed by atoms with E-state index in [2.05, 4.69) is 32.2 Å². The van der Waals surface area contributed by atoms with E-state index in [-0.39, 0.29) is 5.41 Å². The fourth-order valence-electron chi connectivity index (χ4n) is 2.04. The third-order valence-corrected chi connectivity index (χ3v) is 3.56. The highest BCUT2D eigenvalue weighted by Gasteiger charge is 2.19. The molecule has 0 aliphatic heterocycles. The largest absolute Gasteiger partial charge is 0.316 e. The fourth-order valence-corrected chi connectivity index (χ4v) is 2.58. The Hall–Kier alpha value is -0.830. The lowest BCUT2D eigenvalue weighted by Crippen LogP contribution is -2.15. The number of hydrogen-bond donors (Lipinski definition) is 1. The lowest BCUT2D eigenvalue weighted by Gasteiger charge is -2.20. The monoisotopic (exact) mass is 296 g/mol. The summed E-state index contributed by atoms with van der Waals surface area (Å²) >= 11 is 12.4. The van der Waals surface area contributed by atoms with Gasteiger partial charge in [0.15, 0.2) is 0 Å². The average molecular weight is 297 g/mol. The zero-order chi connectivity index (χ0) is 14.2. The van der Waals surface area contributed by atoms with Crippen molar-refractivity contribution in [3.8, 4) is 0 Å². The number of rotatable bonds is 2. The SMILES string of the molecule is CNCc1cc(C(C)(C)C)nc2c(Cl)cc(Cl)cc12. The Kier molecular flexibility index (Phi) is 4.05. The summed E-state index contributed by atoms with van der Waals surface area (Å²) in [5.74, 6) is 0. The highest BCUT2D eigenvalue weighted by Crippen LogP contribution is 2.32. The van der Waals surface area contributed by atoms with Crippen LogP contribution in [-0.4, -0.2) is 12.0 Å². The predicted octanol–water partition coefficient (Wildman–Crippen LogP) is 4.56. The molecule has 0 radical (unpaired) electrons. The van der Waals surface area contributed by atoms with Crippen LogP contribution in [0.25, 0.3) is 10.9 Å². The van der Waals surface area contributed by atoms with Crippen LogP contribution in [0.2, 0.25) is 10.0 Å². The minimum absolute atomic E-state index is 0.0142. The molecule has 0 fully saturated rings. The van der Waals surface area contributed by atoms with Gasteiger partial charge in [-0.25, -0.2) is 0 Å². The van der Waals surface area contributed by atoms with Gasteiger partial charge in [0.05, 0.1) is 10.5 Å². The minimum atomic E-state index is -0.0142. The average Bonchev–Trinajstić information content (AvgIpc) is 2.28. The van der Waals surface area contributed by atoms with Gasteiger partial charge in [-0.15, -0.1) is 0 Å². The van der Waals surface area contributed by atoms with Gasteiger partial charge in [0, 0.05) is 28.1 Å². The first-order chi connectivity index (χ1) is 8.82. The molecule has 1 aromatic carbocycles. The van der Waals surface area contributed by atoms with E-state index in [4.69, 9.17) is 28.2 Å². The standard InChI is InChI=1S/C15H18Cl2N2/c1-15(2,3)13-5-9(8-18-4)11-6-10(16)7-12(17)14(11)19-13/h5-7,18H,8H2,1-4H3. The maximum Gasteiger partial charge on any atom is 0.0895 e. The number of nitrogens with zero attached hydrogens (tertiary/aromatic N) is 1. The molecule has 0 aliphatic carbocycles. The number of nitrogens with one attached hydrogen (secondary N) is 1. The molecule has 0 unspecified atom stereocenters. The molecule has 1 aromatic heterocycles. The molecule has 0 bridgehead atoms. The Morgan fingerprint density at radius 3 is 2.42 bits per heavy atom. The van der Waals surface area contributed by atoms with Crippen molar-refractivity contribution in [2.75, 3.05) is 7.05 Å². The van der Waals surface area contributed by atoms with Crippen LogP contribution in [0.5, 0.6) is 0 Å². The Labute approximate surface area is 124 Å². The van der Waals surface area contributed by atoms with Crippen LogP contribution in [0.1, 0.15) is 32.0 Å². The molecule has 4 heteroatoms. The van der Waals surface area contributed by atoms with Gasteiger partial charge in [0.25, 0.3) is 0 Å². The first-order valence-corrected chi connectivity index (χ1v) is 7.02. The molecule has 2 nitrogen and oxygen atoms in total. The molecule has 1 N–H and O–H groups in total. The second kappa shape index (κ2) is 5.28. The van der Waals surface area contributed by atoms with Crippen LogP contribution in [0.15, 0.2) is 18.2 Å². The van der Waals surface area contributed by atoms with Gasteiger partial charge in [-0.3, -0.25) is 4.98 Å². The van der Waals surface area contributed by atoms with Gasteiger partial charge in [0.1, 0.15) is 0 Å². The normalized spacial score (nSPS) is 12.1. The molecule has 2 aromatic rings. The summed E-state index contributed by atoms with van der Waals surface area (Å²) in [6.07, 6.45) is 0. The van der Waals surface area contributed by atoms with E-state index in [9.17, 15) is 0 Å². The molecule has 19 heavy (non-hydrogen) atoms. The number of benzene rings is 1. The first kappa shape index (κ1) is 14.6. The molecular weight excluding hydrogens is 279 g/mol. The van der Waals surface area contributed by atoms with Crippen LogP contribution in [0, 0.1) is 0 Å². The van der Waals surface area contributed by atoms with Crippen molar-refractivity contribution in [3.63, 3.8) is 0 Å². The van der Waals surface area contributed by atoms with Gasteiger partial charge in [0.2, 0.25) is 0 Å². The van der Waals surface area contributed by atoms with Crippen molar-refractivity contribution in [1.29, 1.82) is 0 Å². The summed E-state index contributed by atoms with van der Waals surface area (Å²) < 4.78 is 0. The summed E-state index contributed by atoms with van der Waals surface area (Å²) in [4.78, 5) is 4.71. The van der Waals surface area contributed by atoms with Gasteiger partial charge >= 0.3 is 0 Å². The lowest BCUT2D eigenvalue weighted by molar-refractivity contribution is 0.570. The highest BCUT2D eigenvalue weighted by atomic mass is 35.5. The lowest BCUT2D eigenvalue weighted by atomic mass is 9.90. The van der Waals surface area contributed by atoms with E-state index >= 15 is 0 Å². The van der Waals surface area contributed by atoms with Gasteiger partial charge in [-0.2, -0.15) is 0 Å². The molecule has 0 saturated carbocycles. The predicted molar refractivity (Wildman–Crippen MR) is 83.2 cm³/mol. The van der Waals surface area contributed by atoms with Crippen molar-refractivity contribution in [2.24, 2.45) is 0 Å². The number of hydrogen-bond acceptors (Lipinski definition) is 2. The Morgan fingerprint density at radius 2 is 1.84 bits per heavy atom. The fraction of sp³-hybridized carbons (Fsp3) is 0.400. The number of pyridine rings is 1. The van der Waals surface area contributed by atoms with E-state index < -0.39 is 0 Å². The van der Waals surface area contributed by atoms with Crippen molar-refractivity contribution >= 4 is 34.1 Å². The topological polar surface area (TPSA) is 24.9 Å². The van der Waals surface area contributed by atoms with Crippen LogP contribution in [0.4, 0.5) is 0 Å². The molecule has 1 heterocycles. The molecule has 0 amide bonds. The Bertz CT molecular complexity index is 616. The highest BCUT2D eigenvalue weighted by molar-refractivity contribution is 6.38. The summed E-state index contributed by atoms with van der Waals surface area (Å²) in [6.45, 7) is 7.20. The second-order valence-corrected chi connectivity index (χ2v) is 6.57. The summed E-state index contributed by atoms with van der Waals surface area (Å²) in [7, 11) is 1.93. The Morgan fingerprint density at radius 1 is 1.16 bits per heavy atom. The zero-order valence-corrected chi connectivity index (χ0v) is 13.2. The summed E-state index contributed by atoms with van der Waals surface area (Å²) in [5.41, 5.74) is 3.01. The van der Waals surface area contributed by atoms with Gasteiger partial charge in [-0.1, -0.05) is 44.0 Å².